The second-order valence-electron chi connectivity index (χ2n) is 8.47. The van der Waals surface area contributed by atoms with E-state index in [1.807, 2.05) is 42.5 Å². The van der Waals surface area contributed by atoms with Gasteiger partial charge in [-0.15, -0.1) is 0 Å². The van der Waals surface area contributed by atoms with Gasteiger partial charge < -0.3 is 14.6 Å². The maximum atomic E-state index is 13.3. The highest BCUT2D eigenvalue weighted by atomic mass is 19.4. The lowest BCUT2D eigenvalue weighted by atomic mass is 9.92. The van der Waals surface area contributed by atoms with Crippen LogP contribution in [-0.4, -0.2) is 29.4 Å². The van der Waals surface area contributed by atoms with Crippen LogP contribution in [0.2, 0.25) is 0 Å². The Morgan fingerprint density at radius 3 is 2.43 bits per heavy atom. The number of ether oxygens (including phenoxy) is 1. The van der Waals surface area contributed by atoms with E-state index < -0.39 is 11.7 Å². The second-order valence-corrected chi connectivity index (χ2v) is 8.47. The number of amides is 1. The minimum absolute atomic E-state index is 0.213. The quantitative estimate of drug-likeness (QED) is 0.347. The lowest BCUT2D eigenvalue weighted by molar-refractivity contribution is -0.137. The third-order valence-electron chi connectivity index (χ3n) is 6.41. The number of aromatic amines is 1. The van der Waals surface area contributed by atoms with Crippen molar-refractivity contribution in [3.63, 3.8) is 0 Å². The molecule has 1 unspecified atom stereocenters. The first-order valence-electron chi connectivity index (χ1n) is 11.2. The molecule has 0 bridgehead atoms. The second kappa shape index (κ2) is 8.98. The third-order valence-corrected chi connectivity index (χ3v) is 6.41. The van der Waals surface area contributed by atoms with Crippen molar-refractivity contribution in [3.05, 3.63) is 107 Å². The SMILES string of the molecule is COc1ccc(C2c3[nH]c4ccccc4c3CCN2C(=O)/C=C/c2ccc(C(F)(F)F)cc2)cc1. The molecule has 0 radical (unpaired) electrons. The molecule has 0 saturated heterocycles. The van der Waals surface area contributed by atoms with Gasteiger partial charge in [0.1, 0.15) is 5.75 Å². The molecule has 35 heavy (non-hydrogen) atoms. The first-order chi connectivity index (χ1) is 16.8. The van der Waals surface area contributed by atoms with Crippen LogP contribution in [0.4, 0.5) is 13.2 Å². The van der Waals surface area contributed by atoms with Crippen molar-refractivity contribution in [3.8, 4) is 5.75 Å². The number of nitrogens with zero attached hydrogens (tertiary/aromatic N) is 1. The van der Waals surface area contributed by atoms with Crippen molar-refractivity contribution in [2.75, 3.05) is 13.7 Å². The van der Waals surface area contributed by atoms with Gasteiger partial charge in [-0.25, -0.2) is 0 Å². The lowest BCUT2D eigenvalue weighted by Crippen LogP contribution is -2.39. The van der Waals surface area contributed by atoms with Gasteiger partial charge in [-0.2, -0.15) is 13.2 Å². The molecule has 5 rings (SSSR count). The number of rotatable bonds is 4. The van der Waals surface area contributed by atoms with E-state index in [1.165, 1.54) is 23.8 Å². The summed E-state index contributed by atoms with van der Waals surface area (Å²) in [7, 11) is 1.60. The molecule has 1 amide bonds. The predicted octanol–water partition coefficient (Wildman–Crippen LogP) is 6.38. The van der Waals surface area contributed by atoms with Crippen LogP contribution in [0.15, 0.2) is 78.9 Å². The molecular weight excluding hydrogens is 453 g/mol. The molecule has 1 aliphatic rings. The number of aromatic nitrogens is 1. The van der Waals surface area contributed by atoms with E-state index in [1.54, 1.807) is 18.1 Å². The van der Waals surface area contributed by atoms with Crippen molar-refractivity contribution in [2.45, 2.75) is 18.6 Å². The first-order valence-corrected chi connectivity index (χ1v) is 11.2. The monoisotopic (exact) mass is 476 g/mol. The van der Waals surface area contributed by atoms with Crippen molar-refractivity contribution in [2.24, 2.45) is 0 Å². The van der Waals surface area contributed by atoms with Crippen molar-refractivity contribution in [1.82, 2.24) is 9.88 Å². The number of H-pyrrole nitrogens is 1. The Kier molecular flexibility index (Phi) is 5.84. The summed E-state index contributed by atoms with van der Waals surface area (Å²) in [4.78, 5) is 18.7. The van der Waals surface area contributed by atoms with Crippen molar-refractivity contribution in [1.29, 1.82) is 0 Å². The summed E-state index contributed by atoms with van der Waals surface area (Å²) in [5.41, 5.74) is 3.93. The average Bonchev–Trinajstić information content (AvgIpc) is 3.25. The number of hydrogen-bond acceptors (Lipinski definition) is 2. The number of carbonyl (C=O) groups excluding carboxylic acids is 1. The van der Waals surface area contributed by atoms with Crippen LogP contribution in [0.3, 0.4) is 0 Å². The van der Waals surface area contributed by atoms with Crippen LogP contribution in [0.5, 0.6) is 5.75 Å². The highest BCUT2D eigenvalue weighted by Gasteiger charge is 2.34. The summed E-state index contributed by atoms with van der Waals surface area (Å²) in [6.07, 6.45) is -0.721. The Hall–Kier alpha value is -4.00. The van der Waals surface area contributed by atoms with Crippen molar-refractivity contribution < 1.29 is 22.7 Å². The van der Waals surface area contributed by atoms with Gasteiger partial charge in [0.05, 0.1) is 18.7 Å². The van der Waals surface area contributed by atoms with E-state index in [-0.39, 0.29) is 11.9 Å². The fourth-order valence-corrected chi connectivity index (χ4v) is 4.66. The van der Waals surface area contributed by atoms with E-state index >= 15 is 0 Å². The molecule has 178 valence electrons. The molecule has 0 aliphatic carbocycles. The molecule has 4 aromatic rings. The van der Waals surface area contributed by atoms with Crippen LogP contribution < -0.4 is 4.74 Å². The first kappa shape index (κ1) is 22.8. The molecule has 0 saturated carbocycles. The van der Waals surface area contributed by atoms with Gasteiger partial charge in [0.15, 0.2) is 0 Å². The standard InChI is InChI=1S/C28H23F3N2O2/c1-35-21-13-9-19(10-14-21)27-26-23(22-4-2-3-5-24(22)32-26)16-17-33(27)25(34)15-8-18-6-11-20(12-7-18)28(29,30)31/h2-15,27,32H,16-17H2,1H3/b15-8+. The number of alkyl halides is 3. The molecule has 4 nitrogen and oxygen atoms in total. The summed E-state index contributed by atoms with van der Waals surface area (Å²) in [6, 6.07) is 20.1. The van der Waals surface area contributed by atoms with E-state index in [2.05, 4.69) is 11.1 Å². The van der Waals surface area contributed by atoms with E-state index in [4.69, 9.17) is 4.74 Å². The molecular formula is C28H23F3N2O2. The van der Waals surface area contributed by atoms with Gasteiger partial charge in [0.2, 0.25) is 5.91 Å². The molecule has 3 aromatic carbocycles. The van der Waals surface area contributed by atoms with Gasteiger partial charge in [0.25, 0.3) is 0 Å². The number of benzene rings is 3. The van der Waals surface area contributed by atoms with Gasteiger partial charge in [0, 0.05) is 29.2 Å². The molecule has 1 aliphatic heterocycles. The molecule has 0 spiro atoms. The number of halogens is 3. The summed E-state index contributed by atoms with van der Waals surface area (Å²) in [5.74, 6) is 0.511. The van der Waals surface area contributed by atoms with Crippen LogP contribution in [0, 0.1) is 0 Å². The fraction of sp³-hybridized carbons (Fsp3) is 0.179. The predicted molar refractivity (Wildman–Crippen MR) is 129 cm³/mol. The number of para-hydroxylation sites is 1. The molecule has 0 fully saturated rings. The highest BCUT2D eigenvalue weighted by Crippen LogP contribution is 2.39. The van der Waals surface area contributed by atoms with E-state index in [9.17, 15) is 18.0 Å². The Labute approximate surface area is 200 Å². The molecule has 1 atom stereocenters. The zero-order valence-corrected chi connectivity index (χ0v) is 19.0. The zero-order valence-electron chi connectivity index (χ0n) is 19.0. The van der Waals surface area contributed by atoms with Crippen LogP contribution in [-0.2, 0) is 17.4 Å². The highest BCUT2D eigenvalue weighted by molar-refractivity contribution is 5.93. The minimum atomic E-state index is -4.39. The Balaban J connectivity index is 1.49. The topological polar surface area (TPSA) is 45.3 Å². The summed E-state index contributed by atoms with van der Waals surface area (Å²) in [5, 5.41) is 1.15. The lowest BCUT2D eigenvalue weighted by Gasteiger charge is -2.35. The molecule has 1 N–H and O–H groups in total. The van der Waals surface area contributed by atoms with Gasteiger partial charge >= 0.3 is 6.18 Å². The molecule has 7 heteroatoms. The Morgan fingerprint density at radius 1 is 1.03 bits per heavy atom. The van der Waals surface area contributed by atoms with Crippen LogP contribution in [0.1, 0.15) is 34.0 Å². The summed E-state index contributed by atoms with van der Waals surface area (Å²) in [6.45, 7) is 0.516. The van der Waals surface area contributed by atoms with Crippen LogP contribution in [0.25, 0.3) is 17.0 Å². The van der Waals surface area contributed by atoms with Gasteiger partial charge in [-0.05, 0) is 59.5 Å². The maximum absolute atomic E-state index is 13.3. The molecule has 1 aromatic heterocycles. The minimum Gasteiger partial charge on any atom is -0.497 e. The van der Waals surface area contributed by atoms with Gasteiger partial charge in [-0.3, -0.25) is 4.79 Å². The Bertz CT molecular complexity index is 1390. The zero-order chi connectivity index (χ0) is 24.6. The average molecular weight is 476 g/mol. The number of hydrogen-bond donors (Lipinski definition) is 1. The van der Waals surface area contributed by atoms with E-state index in [0.717, 1.165) is 40.0 Å². The number of nitrogens with one attached hydrogen (secondary N) is 1. The third kappa shape index (κ3) is 4.41. The Morgan fingerprint density at radius 2 is 1.74 bits per heavy atom. The fourth-order valence-electron chi connectivity index (χ4n) is 4.66. The number of methoxy groups -OCH3 is 1. The summed E-state index contributed by atoms with van der Waals surface area (Å²) >= 11 is 0. The number of fused-ring (bicyclic) bond motifs is 3. The van der Waals surface area contributed by atoms with E-state index in [0.29, 0.717) is 18.5 Å². The smallest absolute Gasteiger partial charge is 0.416 e. The van der Waals surface area contributed by atoms with Crippen molar-refractivity contribution >= 4 is 22.9 Å². The van der Waals surface area contributed by atoms with Crippen LogP contribution >= 0.6 is 0 Å². The number of carbonyl (C=O) groups is 1. The normalized spacial score (nSPS) is 16.0. The summed E-state index contributed by atoms with van der Waals surface area (Å²) < 4.78 is 43.8. The molecule has 2 heterocycles. The van der Waals surface area contributed by atoms with Gasteiger partial charge in [-0.1, -0.05) is 42.5 Å². The largest absolute Gasteiger partial charge is 0.497 e. The maximum Gasteiger partial charge on any atom is 0.416 e.